The molecule has 0 radical (unpaired) electrons. The molecular weight excluding hydrogens is 404 g/mol. The Hall–Kier alpha value is -3.66. The summed E-state index contributed by atoms with van der Waals surface area (Å²) in [5.41, 5.74) is 7.51. The topological polar surface area (TPSA) is 104 Å². The molecule has 1 aliphatic rings. The van der Waals surface area contributed by atoms with Gasteiger partial charge in [-0.2, -0.15) is 5.10 Å². The Labute approximate surface area is 176 Å². The fraction of sp³-hybridized carbons (Fsp3) is 0.238. The Morgan fingerprint density at radius 1 is 1.10 bits per heavy atom. The summed E-state index contributed by atoms with van der Waals surface area (Å²) in [7, 11) is 1.92. The van der Waals surface area contributed by atoms with Crippen molar-refractivity contribution in [2.45, 2.75) is 24.9 Å². The van der Waals surface area contributed by atoms with Crippen LogP contribution >= 0.6 is 0 Å². The summed E-state index contributed by atoms with van der Waals surface area (Å²) in [6.45, 7) is 0. The lowest BCUT2D eigenvalue weighted by atomic mass is 9.87. The third-order valence-electron chi connectivity index (χ3n) is 5.52. The van der Waals surface area contributed by atoms with Crippen LogP contribution in [0, 0.1) is 11.6 Å². The number of hydrogen-bond acceptors (Lipinski definition) is 7. The van der Waals surface area contributed by atoms with Gasteiger partial charge in [-0.25, -0.2) is 23.7 Å². The number of nitrogen functional groups attached to an aromatic ring is 1. The predicted octanol–water partition coefficient (Wildman–Crippen LogP) is 3.46. The van der Waals surface area contributed by atoms with Gasteiger partial charge in [-0.15, -0.1) is 0 Å². The summed E-state index contributed by atoms with van der Waals surface area (Å²) in [6.07, 6.45) is 6.25. The van der Waals surface area contributed by atoms with E-state index in [1.165, 1.54) is 12.4 Å². The van der Waals surface area contributed by atoms with E-state index in [-0.39, 0.29) is 23.4 Å². The van der Waals surface area contributed by atoms with Crippen molar-refractivity contribution in [3.05, 3.63) is 54.5 Å². The van der Waals surface area contributed by atoms with Gasteiger partial charge in [0.25, 0.3) is 0 Å². The molecule has 0 saturated heterocycles. The molecule has 4 aromatic rings. The maximum atomic E-state index is 14.8. The van der Waals surface area contributed by atoms with Crippen LogP contribution in [0.4, 0.5) is 14.6 Å². The van der Waals surface area contributed by atoms with Crippen LogP contribution in [-0.2, 0) is 0 Å². The summed E-state index contributed by atoms with van der Waals surface area (Å²) in [4.78, 5) is 11.8. The maximum absolute atomic E-state index is 14.8. The van der Waals surface area contributed by atoms with Crippen molar-refractivity contribution in [1.82, 2.24) is 30.0 Å². The van der Waals surface area contributed by atoms with E-state index in [1.807, 2.05) is 17.8 Å². The second kappa shape index (κ2) is 7.55. The summed E-state index contributed by atoms with van der Waals surface area (Å²) < 4.78 is 36.7. The van der Waals surface area contributed by atoms with Gasteiger partial charge in [0.05, 0.1) is 16.9 Å². The number of aromatic nitrogens is 5. The van der Waals surface area contributed by atoms with Gasteiger partial charge in [-0.1, -0.05) is 0 Å². The molecule has 3 heterocycles. The zero-order valence-electron chi connectivity index (χ0n) is 16.6. The second-order valence-corrected chi connectivity index (χ2v) is 7.40. The van der Waals surface area contributed by atoms with Crippen molar-refractivity contribution >= 4 is 16.7 Å². The highest BCUT2D eigenvalue weighted by molar-refractivity contribution is 6.00. The number of fused-ring (bicyclic) bond motifs is 1. The lowest BCUT2D eigenvalue weighted by Crippen LogP contribution is -2.40. The lowest BCUT2D eigenvalue weighted by molar-refractivity contribution is 0.225. The zero-order valence-corrected chi connectivity index (χ0v) is 16.6. The molecule has 158 valence electrons. The molecule has 1 aromatic carbocycles. The minimum atomic E-state index is -0.897. The van der Waals surface area contributed by atoms with Gasteiger partial charge >= 0.3 is 6.01 Å². The SMILES string of the molecule is CNC1CC(n2nc(-c3cc(F)c(Oc4ncccn4)c(F)c3)c3c(N)nccc32)C1. The van der Waals surface area contributed by atoms with E-state index >= 15 is 0 Å². The highest BCUT2D eigenvalue weighted by Crippen LogP contribution is 2.40. The molecular formula is C21H19F2N7O. The van der Waals surface area contributed by atoms with Crippen LogP contribution in [0.15, 0.2) is 42.9 Å². The first-order valence-corrected chi connectivity index (χ1v) is 9.79. The molecule has 1 saturated carbocycles. The number of rotatable bonds is 5. The largest absolute Gasteiger partial charge is 0.418 e. The number of ether oxygens (including phenoxy) is 1. The monoisotopic (exact) mass is 423 g/mol. The third kappa shape index (κ3) is 3.34. The summed E-state index contributed by atoms with van der Waals surface area (Å²) in [5, 5.41) is 8.48. The average molecular weight is 423 g/mol. The number of benzene rings is 1. The molecule has 0 bridgehead atoms. The van der Waals surface area contributed by atoms with Crippen LogP contribution in [-0.4, -0.2) is 37.8 Å². The van der Waals surface area contributed by atoms with Crippen LogP contribution in [0.5, 0.6) is 11.8 Å². The van der Waals surface area contributed by atoms with E-state index in [4.69, 9.17) is 10.5 Å². The predicted molar refractivity (Wildman–Crippen MR) is 111 cm³/mol. The van der Waals surface area contributed by atoms with Crippen molar-refractivity contribution in [3.63, 3.8) is 0 Å². The third-order valence-corrected chi connectivity index (χ3v) is 5.52. The molecule has 0 spiro atoms. The standard InChI is InChI=1S/C21H19F2N7O/c1-25-12-9-13(10-12)30-16-3-6-26-20(24)17(16)18(29-30)11-7-14(22)19(15(23)8-11)31-21-27-4-2-5-28-21/h2-8,12-13,25H,9-10H2,1H3,(H2,24,26). The number of pyridine rings is 1. The van der Waals surface area contributed by atoms with E-state index < -0.39 is 17.4 Å². The van der Waals surface area contributed by atoms with Gasteiger partial charge in [-0.3, -0.25) is 4.68 Å². The normalized spacial score (nSPS) is 18.2. The van der Waals surface area contributed by atoms with Crippen molar-refractivity contribution in [2.75, 3.05) is 12.8 Å². The van der Waals surface area contributed by atoms with Crippen LogP contribution in [0.1, 0.15) is 18.9 Å². The molecule has 1 fully saturated rings. The molecule has 10 heteroatoms. The Kier molecular flexibility index (Phi) is 4.70. The summed E-state index contributed by atoms with van der Waals surface area (Å²) in [6, 6.07) is 6.14. The Morgan fingerprint density at radius 3 is 2.48 bits per heavy atom. The first-order valence-electron chi connectivity index (χ1n) is 9.79. The Bertz CT molecular complexity index is 1230. The summed E-state index contributed by atoms with van der Waals surface area (Å²) >= 11 is 0. The molecule has 0 aliphatic heterocycles. The molecule has 5 rings (SSSR count). The van der Waals surface area contributed by atoms with Crippen molar-refractivity contribution in [2.24, 2.45) is 0 Å². The lowest BCUT2D eigenvalue weighted by Gasteiger charge is -2.35. The van der Waals surface area contributed by atoms with Crippen LogP contribution in [0.25, 0.3) is 22.2 Å². The highest BCUT2D eigenvalue weighted by atomic mass is 19.1. The highest BCUT2D eigenvalue weighted by Gasteiger charge is 2.32. The zero-order chi connectivity index (χ0) is 21.5. The number of hydrogen-bond donors (Lipinski definition) is 2. The molecule has 8 nitrogen and oxygen atoms in total. The molecule has 31 heavy (non-hydrogen) atoms. The molecule has 0 atom stereocenters. The van der Waals surface area contributed by atoms with Crippen LogP contribution in [0.3, 0.4) is 0 Å². The van der Waals surface area contributed by atoms with Gasteiger partial charge in [-0.05, 0) is 44.2 Å². The van der Waals surface area contributed by atoms with Crippen LogP contribution < -0.4 is 15.8 Å². The molecule has 1 aliphatic carbocycles. The fourth-order valence-electron chi connectivity index (χ4n) is 3.84. The van der Waals surface area contributed by atoms with Gasteiger partial charge < -0.3 is 15.8 Å². The summed E-state index contributed by atoms with van der Waals surface area (Å²) in [5.74, 6) is -2.12. The van der Waals surface area contributed by atoms with E-state index in [0.29, 0.717) is 17.1 Å². The van der Waals surface area contributed by atoms with Gasteiger partial charge in [0, 0.05) is 30.2 Å². The quantitative estimate of drug-likeness (QED) is 0.507. The molecule has 0 amide bonds. The smallest absolute Gasteiger partial charge is 0.322 e. The Morgan fingerprint density at radius 2 is 1.81 bits per heavy atom. The van der Waals surface area contributed by atoms with E-state index in [1.54, 1.807) is 12.3 Å². The molecule has 3 N–H and O–H groups in total. The molecule has 3 aromatic heterocycles. The number of anilines is 1. The van der Waals surface area contributed by atoms with Gasteiger partial charge in [0.15, 0.2) is 11.6 Å². The first kappa shape index (κ1) is 19.3. The van der Waals surface area contributed by atoms with Crippen molar-refractivity contribution < 1.29 is 13.5 Å². The van der Waals surface area contributed by atoms with Gasteiger partial charge in [0.2, 0.25) is 5.75 Å². The first-order chi connectivity index (χ1) is 15.0. The second-order valence-electron chi connectivity index (χ2n) is 7.40. The van der Waals surface area contributed by atoms with Crippen LogP contribution in [0.2, 0.25) is 0 Å². The minimum Gasteiger partial charge on any atom is -0.418 e. The molecule has 0 unspecified atom stereocenters. The van der Waals surface area contributed by atoms with E-state index in [2.05, 4.69) is 25.4 Å². The van der Waals surface area contributed by atoms with E-state index in [0.717, 1.165) is 30.5 Å². The Balaban J connectivity index is 1.58. The number of nitrogens with zero attached hydrogens (tertiary/aromatic N) is 5. The minimum absolute atomic E-state index is 0.153. The number of nitrogens with two attached hydrogens (primary N) is 1. The number of halogens is 2. The van der Waals surface area contributed by atoms with Crippen molar-refractivity contribution in [3.8, 4) is 23.0 Å². The fourth-order valence-corrected chi connectivity index (χ4v) is 3.84. The average Bonchev–Trinajstić information content (AvgIpc) is 3.11. The van der Waals surface area contributed by atoms with E-state index in [9.17, 15) is 8.78 Å². The maximum Gasteiger partial charge on any atom is 0.322 e. The number of nitrogens with one attached hydrogen (secondary N) is 1. The van der Waals surface area contributed by atoms with Crippen molar-refractivity contribution in [1.29, 1.82) is 0 Å². The van der Waals surface area contributed by atoms with Gasteiger partial charge in [0.1, 0.15) is 11.5 Å².